The molecule has 0 saturated heterocycles. The van der Waals surface area contributed by atoms with Crippen molar-refractivity contribution >= 4 is 28.3 Å². The summed E-state index contributed by atoms with van der Waals surface area (Å²) in [4.78, 5) is 31.9. The molecule has 4 aromatic rings. The van der Waals surface area contributed by atoms with Gasteiger partial charge in [-0.1, -0.05) is 12.1 Å². The number of fused-ring (bicyclic) bond motifs is 1. The Labute approximate surface area is 172 Å². The van der Waals surface area contributed by atoms with Crippen LogP contribution in [0.1, 0.15) is 26.4 Å². The smallest absolute Gasteiger partial charge is 0.267 e. The number of nitrogens with zero attached hydrogens (tertiary/aromatic N) is 2. The highest BCUT2D eigenvalue weighted by atomic mass is 16.5. The highest BCUT2D eigenvalue weighted by molar-refractivity contribution is 6.09. The van der Waals surface area contributed by atoms with Gasteiger partial charge in [0.05, 0.1) is 5.56 Å². The second-order valence-electron chi connectivity index (χ2n) is 6.63. The average molecular weight is 398 g/mol. The zero-order valence-electron chi connectivity index (χ0n) is 16.1. The minimum atomic E-state index is -0.606. The molecule has 2 heterocycles. The fourth-order valence-corrected chi connectivity index (χ4v) is 3.13. The fourth-order valence-electron chi connectivity index (χ4n) is 3.13. The number of benzene rings is 2. The van der Waals surface area contributed by atoms with Gasteiger partial charge in [-0.3, -0.25) is 19.6 Å². The number of pyridine rings is 2. The summed E-state index contributed by atoms with van der Waals surface area (Å²) >= 11 is 0. The maximum absolute atomic E-state index is 12.5. The molecule has 7 heteroatoms. The molecular formula is C23H18N4O3. The number of carbonyl (C=O) groups excluding carboxylic acids is 2. The van der Waals surface area contributed by atoms with Crippen molar-refractivity contribution in [2.24, 2.45) is 5.73 Å². The zero-order valence-corrected chi connectivity index (χ0v) is 16.1. The van der Waals surface area contributed by atoms with E-state index in [0.29, 0.717) is 28.3 Å². The van der Waals surface area contributed by atoms with Crippen molar-refractivity contribution in [3.8, 4) is 11.5 Å². The van der Waals surface area contributed by atoms with Gasteiger partial charge >= 0.3 is 0 Å². The van der Waals surface area contributed by atoms with Gasteiger partial charge in [0.15, 0.2) is 0 Å². The van der Waals surface area contributed by atoms with E-state index in [9.17, 15) is 9.59 Å². The molecule has 0 radical (unpaired) electrons. The molecule has 0 fully saturated rings. The van der Waals surface area contributed by atoms with Crippen LogP contribution in [0.5, 0.6) is 11.5 Å². The Bertz CT molecular complexity index is 1260. The number of hydrogen-bond acceptors (Lipinski definition) is 5. The van der Waals surface area contributed by atoms with Crippen molar-refractivity contribution in [2.45, 2.75) is 6.92 Å². The lowest BCUT2D eigenvalue weighted by Crippen LogP contribution is -2.15. The molecule has 2 amide bonds. The van der Waals surface area contributed by atoms with Crippen molar-refractivity contribution in [1.29, 1.82) is 0 Å². The lowest BCUT2D eigenvalue weighted by Gasteiger charge is -2.12. The summed E-state index contributed by atoms with van der Waals surface area (Å²) in [5.41, 5.74) is 7.26. The van der Waals surface area contributed by atoms with Crippen molar-refractivity contribution in [1.82, 2.24) is 9.97 Å². The Kier molecular flexibility index (Phi) is 5.09. The largest absolute Gasteiger partial charge is 0.457 e. The van der Waals surface area contributed by atoms with Crippen LogP contribution >= 0.6 is 0 Å². The van der Waals surface area contributed by atoms with Crippen LogP contribution < -0.4 is 15.8 Å². The summed E-state index contributed by atoms with van der Waals surface area (Å²) in [6.45, 7) is 1.73. The Morgan fingerprint density at radius 2 is 1.90 bits per heavy atom. The Balaban J connectivity index is 1.63. The molecule has 2 aromatic heterocycles. The van der Waals surface area contributed by atoms with Gasteiger partial charge < -0.3 is 15.8 Å². The number of carbonyl (C=O) groups is 2. The topological polar surface area (TPSA) is 107 Å². The van der Waals surface area contributed by atoms with Gasteiger partial charge in [-0.15, -0.1) is 0 Å². The van der Waals surface area contributed by atoms with E-state index in [1.165, 1.54) is 12.4 Å². The van der Waals surface area contributed by atoms with E-state index in [-0.39, 0.29) is 11.6 Å². The monoisotopic (exact) mass is 398 g/mol. The first-order chi connectivity index (χ1) is 14.5. The van der Waals surface area contributed by atoms with Gasteiger partial charge in [-0.25, -0.2) is 0 Å². The second kappa shape index (κ2) is 8.00. The first-order valence-corrected chi connectivity index (χ1v) is 9.20. The number of aromatic nitrogens is 2. The third-order valence-corrected chi connectivity index (χ3v) is 4.64. The molecule has 0 spiro atoms. The van der Waals surface area contributed by atoms with Crippen LogP contribution in [0, 0.1) is 6.92 Å². The molecule has 148 valence electrons. The number of rotatable bonds is 5. The van der Waals surface area contributed by atoms with E-state index < -0.39 is 5.91 Å². The first kappa shape index (κ1) is 19.1. The number of nitrogens with two attached hydrogens (primary N) is 1. The number of amides is 2. The molecule has 0 unspecified atom stereocenters. The van der Waals surface area contributed by atoms with Gasteiger partial charge in [-0.2, -0.15) is 0 Å². The van der Waals surface area contributed by atoms with Crippen LogP contribution in [0.3, 0.4) is 0 Å². The minimum absolute atomic E-state index is 0.175. The molecule has 2 aromatic carbocycles. The van der Waals surface area contributed by atoms with Crippen molar-refractivity contribution in [3.05, 3.63) is 90.0 Å². The van der Waals surface area contributed by atoms with E-state index in [1.807, 2.05) is 30.3 Å². The first-order valence-electron chi connectivity index (χ1n) is 9.20. The highest BCUT2D eigenvalue weighted by Gasteiger charge is 2.13. The molecule has 0 aliphatic heterocycles. The van der Waals surface area contributed by atoms with Crippen LogP contribution in [0.25, 0.3) is 10.8 Å². The number of nitrogens with one attached hydrogen (secondary N) is 1. The maximum Gasteiger partial charge on any atom is 0.267 e. The molecular weight excluding hydrogens is 380 g/mol. The molecule has 3 N–H and O–H groups in total. The number of ether oxygens (including phenoxy) is 1. The third-order valence-electron chi connectivity index (χ3n) is 4.64. The standard InChI is InChI=1S/C23H18N4O3/c1-14-20(9-11-26-21(14)22(24)28)30-17-7-8-18-15(12-17)4-2-6-19(18)27-23(29)16-5-3-10-25-13-16/h2-13H,1H3,(H2,24,28)(H,27,29). The predicted octanol–water partition coefficient (Wildman–Crippen LogP) is 4.08. The van der Waals surface area contributed by atoms with Crippen LogP contribution in [-0.2, 0) is 0 Å². The summed E-state index contributed by atoms with van der Waals surface area (Å²) in [5, 5.41) is 4.67. The van der Waals surface area contributed by atoms with Crippen LogP contribution in [0.15, 0.2) is 73.2 Å². The molecule has 0 aliphatic rings. The number of primary amides is 1. The quantitative estimate of drug-likeness (QED) is 0.527. The third kappa shape index (κ3) is 3.81. The zero-order chi connectivity index (χ0) is 21.1. The number of hydrogen-bond donors (Lipinski definition) is 2. The summed E-state index contributed by atoms with van der Waals surface area (Å²) in [6.07, 6.45) is 4.62. The Morgan fingerprint density at radius 1 is 1.03 bits per heavy atom. The highest BCUT2D eigenvalue weighted by Crippen LogP contribution is 2.31. The molecule has 7 nitrogen and oxygen atoms in total. The minimum Gasteiger partial charge on any atom is -0.457 e. The van der Waals surface area contributed by atoms with Gasteiger partial charge in [-0.05, 0) is 54.8 Å². The van der Waals surface area contributed by atoms with E-state index in [4.69, 9.17) is 10.5 Å². The molecule has 4 rings (SSSR count). The van der Waals surface area contributed by atoms with Crippen molar-refractivity contribution in [3.63, 3.8) is 0 Å². The summed E-state index contributed by atoms with van der Waals surface area (Å²) < 4.78 is 5.95. The average Bonchev–Trinajstić information content (AvgIpc) is 2.75. The SMILES string of the molecule is Cc1c(Oc2ccc3c(NC(=O)c4cccnc4)cccc3c2)ccnc1C(N)=O. The van der Waals surface area contributed by atoms with Gasteiger partial charge in [0, 0.05) is 35.2 Å². The summed E-state index contributed by atoms with van der Waals surface area (Å²) in [6, 6.07) is 16.2. The maximum atomic E-state index is 12.5. The van der Waals surface area contributed by atoms with Crippen molar-refractivity contribution < 1.29 is 14.3 Å². The second-order valence-corrected chi connectivity index (χ2v) is 6.63. The van der Waals surface area contributed by atoms with Gasteiger partial charge in [0.25, 0.3) is 11.8 Å². The summed E-state index contributed by atoms with van der Waals surface area (Å²) in [5.74, 6) is 0.245. The predicted molar refractivity (Wildman–Crippen MR) is 114 cm³/mol. The van der Waals surface area contributed by atoms with E-state index >= 15 is 0 Å². The number of anilines is 1. The molecule has 0 aliphatic carbocycles. The van der Waals surface area contributed by atoms with E-state index in [2.05, 4.69) is 15.3 Å². The van der Waals surface area contributed by atoms with Gasteiger partial charge in [0.1, 0.15) is 17.2 Å². The van der Waals surface area contributed by atoms with Crippen molar-refractivity contribution in [2.75, 3.05) is 5.32 Å². The summed E-state index contributed by atoms with van der Waals surface area (Å²) in [7, 11) is 0. The molecule has 0 bridgehead atoms. The lowest BCUT2D eigenvalue weighted by atomic mass is 10.1. The van der Waals surface area contributed by atoms with E-state index in [0.717, 1.165) is 10.8 Å². The Hall–Kier alpha value is -4.26. The van der Waals surface area contributed by atoms with Crippen LogP contribution in [0.4, 0.5) is 5.69 Å². The molecule has 0 atom stereocenters. The normalized spacial score (nSPS) is 10.6. The molecule has 30 heavy (non-hydrogen) atoms. The van der Waals surface area contributed by atoms with Crippen LogP contribution in [0.2, 0.25) is 0 Å². The van der Waals surface area contributed by atoms with E-state index in [1.54, 1.807) is 37.4 Å². The lowest BCUT2D eigenvalue weighted by molar-refractivity contribution is 0.0992. The fraction of sp³-hybridized carbons (Fsp3) is 0.0435. The molecule has 0 saturated carbocycles. The van der Waals surface area contributed by atoms with Crippen LogP contribution in [-0.4, -0.2) is 21.8 Å². The van der Waals surface area contributed by atoms with Gasteiger partial charge in [0.2, 0.25) is 0 Å². The Morgan fingerprint density at radius 3 is 2.67 bits per heavy atom.